The minimum absolute atomic E-state index is 0.184. The fraction of sp³-hybridized carbons (Fsp3) is 0.400. The van der Waals surface area contributed by atoms with E-state index in [-0.39, 0.29) is 16.9 Å². The molecule has 17 heavy (non-hydrogen) atoms. The smallest absolute Gasteiger partial charge is 0.168 e. The lowest BCUT2D eigenvalue weighted by Crippen LogP contribution is -2.31. The Hall–Kier alpha value is -1.57. The highest BCUT2D eigenvalue weighted by atomic mass is 16.3. The Morgan fingerprint density at radius 1 is 1.47 bits per heavy atom. The van der Waals surface area contributed by atoms with Crippen LogP contribution in [0, 0.1) is 5.41 Å². The van der Waals surface area contributed by atoms with Gasteiger partial charge in [0.25, 0.3) is 0 Å². The number of carbonyl (C=O) groups is 1. The molecular formula is C15H18O2. The van der Waals surface area contributed by atoms with E-state index in [1.165, 1.54) is 0 Å². The number of hydrogen-bond donors (Lipinski definition) is 1. The van der Waals surface area contributed by atoms with Crippen molar-refractivity contribution >= 4 is 5.78 Å². The van der Waals surface area contributed by atoms with Gasteiger partial charge in [-0.2, -0.15) is 0 Å². The first-order chi connectivity index (χ1) is 7.97. The molecule has 0 aromatic heterocycles. The quantitative estimate of drug-likeness (QED) is 0.792. The van der Waals surface area contributed by atoms with Gasteiger partial charge in [0.15, 0.2) is 5.78 Å². The standard InChI is InChI=1S/C15H18O2/c1-4-5-11-10-8-9-15(2,3)14(17)12(10)6-7-13(11)16/h4,6-7,16H,1,5,8-9H2,2-3H3. The van der Waals surface area contributed by atoms with Crippen molar-refractivity contribution < 1.29 is 9.90 Å². The highest BCUT2D eigenvalue weighted by Crippen LogP contribution is 2.38. The number of fused-ring (bicyclic) bond motifs is 1. The predicted octanol–water partition coefficient (Wildman–Crippen LogP) is 3.28. The number of aromatic hydroxyl groups is 1. The van der Waals surface area contributed by atoms with Crippen LogP contribution in [0.1, 0.15) is 41.8 Å². The van der Waals surface area contributed by atoms with E-state index in [0.717, 1.165) is 29.5 Å². The Morgan fingerprint density at radius 3 is 2.82 bits per heavy atom. The maximum atomic E-state index is 12.3. The Bertz CT molecular complexity index is 484. The van der Waals surface area contributed by atoms with Crippen LogP contribution in [0.15, 0.2) is 24.8 Å². The fourth-order valence-corrected chi connectivity index (χ4v) is 2.47. The number of benzene rings is 1. The van der Waals surface area contributed by atoms with Crippen molar-refractivity contribution in [3.05, 3.63) is 41.5 Å². The Morgan fingerprint density at radius 2 is 2.18 bits per heavy atom. The lowest BCUT2D eigenvalue weighted by atomic mass is 9.72. The Kier molecular flexibility index (Phi) is 2.82. The Balaban J connectivity index is 2.58. The van der Waals surface area contributed by atoms with Crippen LogP contribution in [-0.2, 0) is 12.8 Å². The molecule has 0 saturated carbocycles. The molecule has 1 aliphatic carbocycles. The summed E-state index contributed by atoms with van der Waals surface area (Å²) in [4.78, 5) is 12.3. The molecule has 0 spiro atoms. The molecule has 0 saturated heterocycles. The van der Waals surface area contributed by atoms with Crippen molar-refractivity contribution in [1.82, 2.24) is 0 Å². The van der Waals surface area contributed by atoms with E-state index in [9.17, 15) is 9.90 Å². The van der Waals surface area contributed by atoms with Crippen molar-refractivity contribution in [3.63, 3.8) is 0 Å². The largest absolute Gasteiger partial charge is 0.508 e. The molecule has 2 rings (SSSR count). The lowest BCUT2D eigenvalue weighted by Gasteiger charge is -2.31. The summed E-state index contributed by atoms with van der Waals surface area (Å²) in [6, 6.07) is 3.37. The summed E-state index contributed by atoms with van der Waals surface area (Å²) in [6.07, 6.45) is 4.07. The number of rotatable bonds is 2. The first-order valence-corrected chi connectivity index (χ1v) is 5.97. The average Bonchev–Trinajstić information content (AvgIpc) is 2.28. The van der Waals surface area contributed by atoms with Gasteiger partial charge in [-0.05, 0) is 37.0 Å². The zero-order valence-corrected chi connectivity index (χ0v) is 10.4. The molecule has 0 radical (unpaired) electrons. The van der Waals surface area contributed by atoms with Crippen molar-refractivity contribution in [2.75, 3.05) is 0 Å². The third kappa shape index (κ3) is 1.88. The van der Waals surface area contributed by atoms with E-state index in [1.807, 2.05) is 13.8 Å². The maximum Gasteiger partial charge on any atom is 0.168 e. The molecule has 2 nitrogen and oxygen atoms in total. The second-order valence-corrected chi connectivity index (χ2v) is 5.30. The van der Waals surface area contributed by atoms with E-state index >= 15 is 0 Å². The molecule has 1 aromatic carbocycles. The summed E-state index contributed by atoms with van der Waals surface area (Å²) in [5.74, 6) is 0.459. The molecule has 0 unspecified atom stereocenters. The number of ketones is 1. The molecule has 0 bridgehead atoms. The second-order valence-electron chi connectivity index (χ2n) is 5.30. The number of Topliss-reactive ketones (excluding diaryl/α,β-unsaturated/α-hetero) is 1. The third-order valence-electron chi connectivity index (χ3n) is 3.61. The van der Waals surface area contributed by atoms with Crippen molar-refractivity contribution in [2.45, 2.75) is 33.1 Å². The molecule has 0 fully saturated rings. The number of phenolic OH excluding ortho intramolecular Hbond substituents is 1. The van der Waals surface area contributed by atoms with Gasteiger partial charge in [0.1, 0.15) is 5.75 Å². The van der Waals surface area contributed by atoms with Crippen molar-refractivity contribution in [1.29, 1.82) is 0 Å². The van der Waals surface area contributed by atoms with Gasteiger partial charge in [-0.15, -0.1) is 6.58 Å². The molecule has 1 aromatic rings. The summed E-state index contributed by atoms with van der Waals surface area (Å²) < 4.78 is 0. The van der Waals surface area contributed by atoms with Gasteiger partial charge in [0, 0.05) is 16.5 Å². The van der Waals surface area contributed by atoms with Gasteiger partial charge in [0.2, 0.25) is 0 Å². The van der Waals surface area contributed by atoms with Crippen LogP contribution in [0.3, 0.4) is 0 Å². The Labute approximate surface area is 102 Å². The summed E-state index contributed by atoms with van der Waals surface area (Å²) in [6.45, 7) is 7.67. The summed E-state index contributed by atoms with van der Waals surface area (Å²) >= 11 is 0. The van der Waals surface area contributed by atoms with Crippen LogP contribution >= 0.6 is 0 Å². The SMILES string of the molecule is C=CCc1c(O)ccc2c1CCC(C)(C)C2=O. The minimum atomic E-state index is -0.282. The minimum Gasteiger partial charge on any atom is -0.508 e. The molecule has 1 N–H and O–H groups in total. The van der Waals surface area contributed by atoms with Gasteiger partial charge in [0.05, 0.1) is 0 Å². The molecular weight excluding hydrogens is 212 g/mol. The zero-order valence-electron chi connectivity index (χ0n) is 10.4. The van der Waals surface area contributed by atoms with E-state index < -0.39 is 0 Å². The van der Waals surface area contributed by atoms with Crippen molar-refractivity contribution in [2.24, 2.45) is 5.41 Å². The second kappa shape index (κ2) is 4.02. The summed E-state index contributed by atoms with van der Waals surface area (Å²) in [5.41, 5.74) is 2.36. The monoisotopic (exact) mass is 230 g/mol. The highest BCUT2D eigenvalue weighted by Gasteiger charge is 2.35. The van der Waals surface area contributed by atoms with Crippen molar-refractivity contribution in [3.8, 4) is 5.75 Å². The van der Waals surface area contributed by atoms with Crippen LogP contribution in [-0.4, -0.2) is 10.9 Å². The van der Waals surface area contributed by atoms with Gasteiger partial charge in [-0.1, -0.05) is 19.9 Å². The number of hydrogen-bond acceptors (Lipinski definition) is 2. The first kappa shape index (κ1) is 11.9. The summed E-state index contributed by atoms with van der Waals surface area (Å²) in [5, 5.41) is 9.85. The van der Waals surface area contributed by atoms with Crippen LogP contribution in [0.2, 0.25) is 0 Å². The molecule has 1 aliphatic rings. The molecule has 90 valence electrons. The van der Waals surface area contributed by atoms with E-state index in [1.54, 1.807) is 18.2 Å². The van der Waals surface area contributed by atoms with E-state index in [0.29, 0.717) is 6.42 Å². The molecule has 0 amide bonds. The highest BCUT2D eigenvalue weighted by molar-refractivity contribution is 6.02. The van der Waals surface area contributed by atoms with Crippen LogP contribution in [0.25, 0.3) is 0 Å². The molecule has 0 aliphatic heterocycles. The zero-order chi connectivity index (χ0) is 12.6. The van der Waals surface area contributed by atoms with Gasteiger partial charge < -0.3 is 5.11 Å². The number of carbonyl (C=O) groups excluding carboxylic acids is 1. The first-order valence-electron chi connectivity index (χ1n) is 5.97. The van der Waals surface area contributed by atoms with Crippen LogP contribution in [0.5, 0.6) is 5.75 Å². The number of allylic oxidation sites excluding steroid dienone is 1. The topological polar surface area (TPSA) is 37.3 Å². The van der Waals surface area contributed by atoms with Gasteiger partial charge >= 0.3 is 0 Å². The lowest BCUT2D eigenvalue weighted by molar-refractivity contribution is 0.0810. The molecule has 0 atom stereocenters. The average molecular weight is 230 g/mol. The molecule has 2 heteroatoms. The van der Waals surface area contributed by atoms with E-state index in [2.05, 4.69) is 6.58 Å². The predicted molar refractivity (Wildman–Crippen MR) is 68.4 cm³/mol. The van der Waals surface area contributed by atoms with Gasteiger partial charge in [-0.25, -0.2) is 0 Å². The van der Waals surface area contributed by atoms with E-state index in [4.69, 9.17) is 0 Å². The number of phenols is 1. The normalized spacial score (nSPS) is 17.6. The maximum absolute atomic E-state index is 12.3. The van der Waals surface area contributed by atoms with Crippen LogP contribution < -0.4 is 0 Å². The third-order valence-corrected chi connectivity index (χ3v) is 3.61. The van der Waals surface area contributed by atoms with Gasteiger partial charge in [-0.3, -0.25) is 4.79 Å². The fourth-order valence-electron chi connectivity index (χ4n) is 2.47. The molecule has 0 heterocycles. The van der Waals surface area contributed by atoms with Crippen LogP contribution in [0.4, 0.5) is 0 Å². The summed E-state index contributed by atoms with van der Waals surface area (Å²) in [7, 11) is 0.